The summed E-state index contributed by atoms with van der Waals surface area (Å²) < 4.78 is 5.40. The fourth-order valence-corrected chi connectivity index (χ4v) is 3.83. The van der Waals surface area contributed by atoms with Gasteiger partial charge in [-0.2, -0.15) is 0 Å². The summed E-state index contributed by atoms with van der Waals surface area (Å²) in [5, 5.41) is 6.13. The summed E-state index contributed by atoms with van der Waals surface area (Å²) in [5.41, 5.74) is 2.53. The Balaban J connectivity index is 1.48. The summed E-state index contributed by atoms with van der Waals surface area (Å²) in [6, 6.07) is 8.54. The van der Waals surface area contributed by atoms with Gasteiger partial charge >= 0.3 is 6.03 Å². The monoisotopic (exact) mass is 345 g/mol. The van der Waals surface area contributed by atoms with Gasteiger partial charge in [0, 0.05) is 32.3 Å². The maximum atomic E-state index is 12.3. The fourth-order valence-electron chi connectivity index (χ4n) is 3.83. The Bertz CT molecular complexity index is 552. The molecule has 5 nitrogen and oxygen atoms in total. The van der Waals surface area contributed by atoms with Crippen LogP contribution in [0.2, 0.25) is 0 Å². The van der Waals surface area contributed by atoms with Gasteiger partial charge in [-0.1, -0.05) is 24.3 Å². The number of hydrogen-bond donors (Lipinski definition) is 2. The van der Waals surface area contributed by atoms with Crippen molar-refractivity contribution >= 4 is 6.03 Å². The molecule has 0 spiro atoms. The molecule has 25 heavy (non-hydrogen) atoms. The van der Waals surface area contributed by atoms with Crippen LogP contribution >= 0.6 is 0 Å². The van der Waals surface area contributed by atoms with Gasteiger partial charge in [0.05, 0.1) is 0 Å². The number of amides is 2. The van der Waals surface area contributed by atoms with Crippen LogP contribution in [0.5, 0.6) is 0 Å². The van der Waals surface area contributed by atoms with Gasteiger partial charge in [-0.25, -0.2) is 4.79 Å². The molecule has 2 aliphatic heterocycles. The Morgan fingerprint density at radius 3 is 2.60 bits per heavy atom. The molecule has 1 aromatic rings. The van der Waals surface area contributed by atoms with Gasteiger partial charge in [-0.15, -0.1) is 0 Å². The lowest BCUT2D eigenvalue weighted by Crippen LogP contribution is -2.45. The van der Waals surface area contributed by atoms with Gasteiger partial charge in [-0.05, 0) is 62.7 Å². The van der Waals surface area contributed by atoms with Crippen LogP contribution in [0.3, 0.4) is 0 Å². The van der Waals surface area contributed by atoms with Gasteiger partial charge < -0.3 is 15.4 Å². The van der Waals surface area contributed by atoms with E-state index in [0.717, 1.165) is 32.6 Å². The number of hydrogen-bond acceptors (Lipinski definition) is 3. The first kappa shape index (κ1) is 18.2. The Labute approximate surface area is 151 Å². The average molecular weight is 345 g/mol. The molecule has 5 heteroatoms. The van der Waals surface area contributed by atoms with Gasteiger partial charge in [0.15, 0.2) is 0 Å². The Morgan fingerprint density at radius 1 is 1.20 bits per heavy atom. The van der Waals surface area contributed by atoms with Gasteiger partial charge in [0.25, 0.3) is 0 Å². The zero-order valence-electron chi connectivity index (χ0n) is 15.3. The third-order valence-electron chi connectivity index (χ3n) is 5.48. The number of nitrogens with zero attached hydrogens (tertiary/aromatic N) is 1. The van der Waals surface area contributed by atoms with Crippen molar-refractivity contribution < 1.29 is 9.53 Å². The van der Waals surface area contributed by atoms with E-state index in [1.165, 1.54) is 37.1 Å². The normalized spacial score (nSPS) is 20.4. The van der Waals surface area contributed by atoms with E-state index >= 15 is 0 Å². The minimum absolute atomic E-state index is 0.0741. The van der Waals surface area contributed by atoms with Crippen molar-refractivity contribution in [2.75, 3.05) is 26.3 Å². The van der Waals surface area contributed by atoms with Crippen LogP contribution in [0.4, 0.5) is 4.79 Å². The summed E-state index contributed by atoms with van der Waals surface area (Å²) in [7, 11) is 0. The second-order valence-corrected chi connectivity index (χ2v) is 7.32. The number of carbonyl (C=O) groups excluding carboxylic acids is 1. The van der Waals surface area contributed by atoms with E-state index in [1.807, 2.05) is 6.07 Å². The first-order valence-corrected chi connectivity index (χ1v) is 9.63. The second-order valence-electron chi connectivity index (χ2n) is 7.32. The minimum Gasteiger partial charge on any atom is -0.381 e. The maximum Gasteiger partial charge on any atom is 0.315 e. The van der Waals surface area contributed by atoms with Crippen molar-refractivity contribution in [3.8, 4) is 0 Å². The molecular weight excluding hydrogens is 314 g/mol. The number of nitrogens with one attached hydrogen (secondary N) is 2. The molecule has 2 N–H and O–H groups in total. The number of rotatable bonds is 6. The number of carbonyl (C=O) groups is 1. The highest BCUT2D eigenvalue weighted by molar-refractivity contribution is 5.74. The van der Waals surface area contributed by atoms with Gasteiger partial charge in [0.2, 0.25) is 0 Å². The molecule has 0 aromatic heterocycles. The van der Waals surface area contributed by atoms with Crippen molar-refractivity contribution in [1.29, 1.82) is 0 Å². The van der Waals surface area contributed by atoms with Crippen molar-refractivity contribution in [2.45, 2.75) is 51.7 Å². The summed E-state index contributed by atoms with van der Waals surface area (Å²) >= 11 is 0. The zero-order valence-corrected chi connectivity index (χ0v) is 15.3. The Kier molecular flexibility index (Phi) is 6.70. The molecule has 1 unspecified atom stereocenters. The fraction of sp³-hybridized carbons (Fsp3) is 0.650. The topological polar surface area (TPSA) is 53.6 Å². The van der Waals surface area contributed by atoms with Crippen LogP contribution in [0.1, 0.15) is 43.7 Å². The number of benzene rings is 1. The van der Waals surface area contributed by atoms with E-state index in [0.29, 0.717) is 12.5 Å². The smallest absolute Gasteiger partial charge is 0.315 e. The van der Waals surface area contributed by atoms with Crippen LogP contribution in [-0.4, -0.2) is 43.3 Å². The van der Waals surface area contributed by atoms with Crippen LogP contribution in [0.15, 0.2) is 24.3 Å². The van der Waals surface area contributed by atoms with Crippen LogP contribution in [0, 0.1) is 5.92 Å². The summed E-state index contributed by atoms with van der Waals surface area (Å²) in [5.74, 6) is 0.516. The average Bonchev–Trinajstić information content (AvgIpc) is 3.15. The summed E-state index contributed by atoms with van der Waals surface area (Å²) in [6.45, 7) is 7.64. The maximum absolute atomic E-state index is 12.3. The third-order valence-corrected chi connectivity index (χ3v) is 5.48. The van der Waals surface area contributed by atoms with E-state index in [-0.39, 0.29) is 12.1 Å². The number of likely N-dealkylation sites (tertiary alicyclic amines) is 1. The van der Waals surface area contributed by atoms with Crippen LogP contribution in [0.25, 0.3) is 0 Å². The van der Waals surface area contributed by atoms with Crippen LogP contribution in [-0.2, 0) is 17.8 Å². The molecule has 0 bridgehead atoms. The molecule has 0 saturated carbocycles. The Hall–Kier alpha value is -1.59. The van der Waals surface area contributed by atoms with Crippen molar-refractivity contribution in [3.05, 3.63) is 35.4 Å². The van der Waals surface area contributed by atoms with E-state index in [4.69, 9.17) is 4.74 Å². The standard InChI is InChI=1S/C20H31N3O2/c1-16(17-8-12-25-13-9-17)22-20(24)21-14-18-6-2-3-7-19(18)15-23-10-4-5-11-23/h2-3,6-7,16-17H,4-5,8-15H2,1H3,(H2,21,22,24). The molecule has 2 heterocycles. The summed E-state index contributed by atoms with van der Waals surface area (Å²) in [4.78, 5) is 14.8. The lowest BCUT2D eigenvalue weighted by atomic mass is 9.93. The van der Waals surface area contributed by atoms with E-state index in [2.05, 4.69) is 40.7 Å². The highest BCUT2D eigenvalue weighted by atomic mass is 16.5. The lowest BCUT2D eigenvalue weighted by molar-refractivity contribution is 0.0571. The minimum atomic E-state index is -0.0741. The molecule has 0 radical (unpaired) electrons. The summed E-state index contributed by atoms with van der Waals surface area (Å²) in [6.07, 6.45) is 4.65. The molecule has 138 valence electrons. The van der Waals surface area contributed by atoms with Gasteiger partial charge in [0.1, 0.15) is 0 Å². The van der Waals surface area contributed by atoms with Crippen molar-refractivity contribution in [2.24, 2.45) is 5.92 Å². The molecule has 2 fully saturated rings. The predicted molar refractivity (Wildman–Crippen MR) is 99.3 cm³/mol. The second kappa shape index (κ2) is 9.20. The SMILES string of the molecule is CC(NC(=O)NCc1ccccc1CN1CCCC1)C1CCOCC1. The first-order valence-electron chi connectivity index (χ1n) is 9.63. The highest BCUT2D eigenvalue weighted by Gasteiger charge is 2.21. The van der Waals surface area contributed by atoms with Crippen LogP contribution < -0.4 is 10.6 Å². The molecule has 2 saturated heterocycles. The quantitative estimate of drug-likeness (QED) is 0.833. The zero-order chi connectivity index (χ0) is 17.5. The van der Waals surface area contributed by atoms with E-state index in [1.54, 1.807) is 0 Å². The lowest BCUT2D eigenvalue weighted by Gasteiger charge is -2.28. The van der Waals surface area contributed by atoms with E-state index in [9.17, 15) is 4.79 Å². The largest absolute Gasteiger partial charge is 0.381 e. The molecule has 0 aliphatic carbocycles. The highest BCUT2D eigenvalue weighted by Crippen LogP contribution is 2.19. The van der Waals surface area contributed by atoms with Crippen molar-refractivity contribution in [3.63, 3.8) is 0 Å². The molecular formula is C20H31N3O2. The molecule has 1 atom stereocenters. The molecule has 2 aliphatic rings. The predicted octanol–water partition coefficient (Wildman–Crippen LogP) is 2.90. The molecule has 3 rings (SSSR count). The van der Waals surface area contributed by atoms with Crippen molar-refractivity contribution in [1.82, 2.24) is 15.5 Å². The van der Waals surface area contributed by atoms with Gasteiger partial charge in [-0.3, -0.25) is 4.90 Å². The molecule has 2 amide bonds. The van der Waals surface area contributed by atoms with E-state index < -0.39 is 0 Å². The first-order chi connectivity index (χ1) is 12.2. The molecule has 1 aromatic carbocycles. The third kappa shape index (κ3) is 5.44. The number of ether oxygens (including phenoxy) is 1. The Morgan fingerprint density at radius 2 is 1.88 bits per heavy atom. The number of urea groups is 1.